The number of anilines is 1. The van der Waals surface area contributed by atoms with E-state index in [0.29, 0.717) is 0 Å². The Balaban J connectivity index is 2.12. The van der Waals surface area contributed by atoms with Crippen molar-refractivity contribution in [2.75, 3.05) is 5.32 Å². The van der Waals surface area contributed by atoms with E-state index in [2.05, 4.69) is 56.2 Å². The molecule has 2 aromatic carbocycles. The van der Waals surface area contributed by atoms with Crippen LogP contribution in [0.2, 0.25) is 0 Å². The molecule has 0 amide bonds. The standard InChI is InChI=1S/C15H15Br2NO/c1-2-11-8-12(16)4-5-14(11)18-9-10-3-6-15(19)13(17)7-10/h3-8,18-19H,2,9H2,1H3. The molecular formula is C15H15Br2NO. The maximum Gasteiger partial charge on any atom is 0.129 e. The summed E-state index contributed by atoms with van der Waals surface area (Å²) in [5.74, 6) is 0.265. The third-order valence-corrected chi connectivity index (χ3v) is 4.07. The highest BCUT2D eigenvalue weighted by molar-refractivity contribution is 9.10. The summed E-state index contributed by atoms with van der Waals surface area (Å²) in [7, 11) is 0. The minimum atomic E-state index is 0.265. The summed E-state index contributed by atoms with van der Waals surface area (Å²) < 4.78 is 1.82. The molecule has 0 unspecified atom stereocenters. The number of hydrogen-bond donors (Lipinski definition) is 2. The second kappa shape index (κ2) is 6.44. The average Bonchev–Trinajstić information content (AvgIpc) is 2.41. The number of rotatable bonds is 4. The van der Waals surface area contributed by atoms with Crippen molar-refractivity contribution in [2.24, 2.45) is 0 Å². The topological polar surface area (TPSA) is 32.3 Å². The molecule has 19 heavy (non-hydrogen) atoms. The number of aryl methyl sites for hydroxylation is 1. The Morgan fingerprint density at radius 1 is 1.11 bits per heavy atom. The minimum Gasteiger partial charge on any atom is -0.507 e. The lowest BCUT2D eigenvalue weighted by Crippen LogP contribution is -2.02. The van der Waals surface area contributed by atoms with E-state index in [0.717, 1.165) is 33.2 Å². The van der Waals surface area contributed by atoms with Crippen LogP contribution in [0, 0.1) is 0 Å². The maximum atomic E-state index is 9.47. The van der Waals surface area contributed by atoms with Gasteiger partial charge in [0, 0.05) is 16.7 Å². The van der Waals surface area contributed by atoms with Gasteiger partial charge in [-0.15, -0.1) is 0 Å². The van der Waals surface area contributed by atoms with Gasteiger partial charge in [-0.25, -0.2) is 0 Å². The summed E-state index contributed by atoms with van der Waals surface area (Å²) in [5.41, 5.74) is 3.55. The van der Waals surface area contributed by atoms with Gasteiger partial charge in [-0.2, -0.15) is 0 Å². The van der Waals surface area contributed by atoms with Gasteiger partial charge in [0.15, 0.2) is 0 Å². The van der Waals surface area contributed by atoms with Gasteiger partial charge in [0.05, 0.1) is 4.47 Å². The van der Waals surface area contributed by atoms with Crippen LogP contribution >= 0.6 is 31.9 Å². The van der Waals surface area contributed by atoms with Crippen LogP contribution in [0.4, 0.5) is 5.69 Å². The Labute approximate surface area is 130 Å². The molecule has 0 heterocycles. The Kier molecular flexibility index (Phi) is 4.88. The number of phenols is 1. The van der Waals surface area contributed by atoms with E-state index in [-0.39, 0.29) is 5.75 Å². The van der Waals surface area contributed by atoms with Gasteiger partial charge >= 0.3 is 0 Å². The van der Waals surface area contributed by atoms with Crippen LogP contribution in [0.3, 0.4) is 0 Å². The predicted molar refractivity (Wildman–Crippen MR) is 86.7 cm³/mol. The van der Waals surface area contributed by atoms with E-state index in [1.54, 1.807) is 6.07 Å². The maximum absolute atomic E-state index is 9.47. The van der Waals surface area contributed by atoms with Crippen LogP contribution < -0.4 is 5.32 Å². The summed E-state index contributed by atoms with van der Waals surface area (Å²) in [4.78, 5) is 0. The van der Waals surface area contributed by atoms with Crippen molar-refractivity contribution in [3.05, 3.63) is 56.5 Å². The van der Waals surface area contributed by atoms with E-state index in [4.69, 9.17) is 0 Å². The van der Waals surface area contributed by atoms with Gasteiger partial charge in [-0.05, 0) is 63.8 Å². The summed E-state index contributed by atoms with van der Waals surface area (Å²) in [6.07, 6.45) is 0.987. The van der Waals surface area contributed by atoms with Crippen molar-refractivity contribution in [3.63, 3.8) is 0 Å². The van der Waals surface area contributed by atoms with Crippen molar-refractivity contribution in [2.45, 2.75) is 19.9 Å². The first-order valence-corrected chi connectivity index (χ1v) is 7.68. The normalized spacial score (nSPS) is 10.5. The molecule has 4 heteroatoms. The van der Waals surface area contributed by atoms with Crippen molar-refractivity contribution < 1.29 is 5.11 Å². The van der Waals surface area contributed by atoms with Crippen LogP contribution in [-0.4, -0.2) is 5.11 Å². The number of halogens is 2. The fourth-order valence-electron chi connectivity index (χ4n) is 1.88. The van der Waals surface area contributed by atoms with Crippen molar-refractivity contribution in [1.29, 1.82) is 0 Å². The first kappa shape index (κ1) is 14.4. The third-order valence-electron chi connectivity index (χ3n) is 2.94. The lowest BCUT2D eigenvalue weighted by atomic mass is 10.1. The third kappa shape index (κ3) is 3.74. The van der Waals surface area contributed by atoms with Crippen LogP contribution in [0.15, 0.2) is 45.3 Å². The van der Waals surface area contributed by atoms with Gasteiger partial charge in [0.25, 0.3) is 0 Å². The quantitative estimate of drug-likeness (QED) is 0.769. The van der Waals surface area contributed by atoms with E-state index in [9.17, 15) is 5.11 Å². The first-order valence-electron chi connectivity index (χ1n) is 6.10. The lowest BCUT2D eigenvalue weighted by molar-refractivity contribution is 0.471. The Hall–Kier alpha value is -1.00. The molecule has 0 bridgehead atoms. The highest BCUT2D eigenvalue weighted by Crippen LogP contribution is 2.26. The number of nitrogens with one attached hydrogen (secondary N) is 1. The molecule has 0 saturated heterocycles. The van der Waals surface area contributed by atoms with Crippen LogP contribution in [0.1, 0.15) is 18.1 Å². The summed E-state index contributed by atoms with van der Waals surface area (Å²) >= 11 is 6.81. The summed E-state index contributed by atoms with van der Waals surface area (Å²) in [6.45, 7) is 2.87. The van der Waals surface area contributed by atoms with E-state index < -0.39 is 0 Å². The fraction of sp³-hybridized carbons (Fsp3) is 0.200. The highest BCUT2D eigenvalue weighted by Gasteiger charge is 2.03. The van der Waals surface area contributed by atoms with Gasteiger partial charge in [-0.3, -0.25) is 0 Å². The fourth-order valence-corrected chi connectivity index (χ4v) is 2.72. The highest BCUT2D eigenvalue weighted by atomic mass is 79.9. The number of hydrogen-bond acceptors (Lipinski definition) is 2. The van der Waals surface area contributed by atoms with Gasteiger partial charge in [0.2, 0.25) is 0 Å². The molecule has 2 aromatic rings. The van der Waals surface area contributed by atoms with Crippen LogP contribution in [0.25, 0.3) is 0 Å². The zero-order valence-corrected chi connectivity index (χ0v) is 13.8. The Bertz CT molecular complexity index is 584. The average molecular weight is 385 g/mol. The van der Waals surface area contributed by atoms with Crippen LogP contribution in [-0.2, 0) is 13.0 Å². The molecule has 2 nitrogen and oxygen atoms in total. The van der Waals surface area contributed by atoms with Crippen molar-refractivity contribution in [1.82, 2.24) is 0 Å². The van der Waals surface area contributed by atoms with Gasteiger partial charge in [0.1, 0.15) is 5.75 Å². The molecule has 2 rings (SSSR count). The molecule has 0 saturated carbocycles. The largest absolute Gasteiger partial charge is 0.507 e. The molecule has 0 aliphatic rings. The predicted octanol–water partition coefficient (Wildman–Crippen LogP) is 5.09. The van der Waals surface area contributed by atoms with Crippen molar-refractivity contribution in [3.8, 4) is 5.75 Å². The molecule has 0 spiro atoms. The first-order chi connectivity index (χ1) is 9.10. The van der Waals surface area contributed by atoms with Gasteiger partial charge < -0.3 is 10.4 Å². The van der Waals surface area contributed by atoms with Crippen LogP contribution in [0.5, 0.6) is 5.75 Å². The van der Waals surface area contributed by atoms with Crippen molar-refractivity contribution >= 4 is 37.5 Å². The van der Waals surface area contributed by atoms with E-state index in [1.807, 2.05) is 18.2 Å². The molecule has 0 aliphatic heterocycles. The number of aromatic hydroxyl groups is 1. The Morgan fingerprint density at radius 3 is 2.58 bits per heavy atom. The smallest absolute Gasteiger partial charge is 0.129 e. The van der Waals surface area contributed by atoms with Gasteiger partial charge in [-0.1, -0.05) is 28.9 Å². The molecule has 100 valence electrons. The summed E-state index contributed by atoms with van der Waals surface area (Å²) in [6, 6.07) is 11.8. The molecule has 0 fully saturated rings. The SMILES string of the molecule is CCc1cc(Br)ccc1NCc1ccc(O)c(Br)c1. The lowest BCUT2D eigenvalue weighted by Gasteiger charge is -2.12. The zero-order valence-electron chi connectivity index (χ0n) is 10.6. The number of benzene rings is 2. The van der Waals surface area contributed by atoms with E-state index >= 15 is 0 Å². The summed E-state index contributed by atoms with van der Waals surface area (Å²) in [5, 5.41) is 12.9. The van der Waals surface area contributed by atoms with E-state index in [1.165, 1.54) is 5.56 Å². The monoisotopic (exact) mass is 383 g/mol. The molecule has 0 atom stereocenters. The minimum absolute atomic E-state index is 0.265. The number of phenolic OH excluding ortho intramolecular Hbond substituents is 1. The molecule has 2 N–H and O–H groups in total. The Morgan fingerprint density at radius 2 is 1.89 bits per heavy atom. The molecular weight excluding hydrogens is 370 g/mol. The molecule has 0 aliphatic carbocycles. The second-order valence-corrected chi connectivity index (χ2v) is 6.06. The molecule has 0 aromatic heterocycles. The zero-order chi connectivity index (χ0) is 13.8. The second-order valence-electron chi connectivity index (χ2n) is 4.29. The molecule has 0 radical (unpaired) electrons.